The van der Waals surface area contributed by atoms with E-state index in [0.717, 1.165) is 94.3 Å². The monoisotopic (exact) mass is 495 g/mol. The summed E-state index contributed by atoms with van der Waals surface area (Å²) in [5.41, 5.74) is 3.21. The van der Waals surface area contributed by atoms with E-state index < -0.39 is 5.97 Å². The van der Waals surface area contributed by atoms with Crippen molar-refractivity contribution >= 4 is 22.7 Å². The highest BCUT2D eigenvalue weighted by molar-refractivity contribution is 5.98. The van der Waals surface area contributed by atoms with Crippen LogP contribution >= 0.6 is 0 Å². The number of morpholine rings is 1. The minimum Gasteiger partial charge on any atom is -0.477 e. The Morgan fingerprint density at radius 3 is 2.39 bits per heavy atom. The Morgan fingerprint density at radius 1 is 0.972 bits per heavy atom. The molecule has 2 aromatic rings. The summed E-state index contributed by atoms with van der Waals surface area (Å²) in [6, 6.07) is 2.18. The zero-order valence-electron chi connectivity index (χ0n) is 21.5. The maximum Gasteiger partial charge on any atom is 0.354 e. The molecule has 0 atom stereocenters. The van der Waals surface area contributed by atoms with Crippen LogP contribution in [0.2, 0.25) is 0 Å². The normalized spacial score (nSPS) is 23.3. The number of rotatable bonds is 7. The van der Waals surface area contributed by atoms with E-state index in [0.29, 0.717) is 12.0 Å². The molecule has 8 nitrogen and oxygen atoms in total. The average Bonchev–Trinajstić information content (AvgIpc) is 3.26. The molecule has 2 saturated heterocycles. The van der Waals surface area contributed by atoms with Crippen molar-refractivity contribution in [1.29, 1.82) is 0 Å². The van der Waals surface area contributed by atoms with Crippen LogP contribution in [0.5, 0.6) is 0 Å². The quantitative estimate of drug-likeness (QED) is 0.588. The number of carboxylic acid groups (broad SMARTS) is 1. The van der Waals surface area contributed by atoms with Gasteiger partial charge >= 0.3 is 5.97 Å². The summed E-state index contributed by atoms with van der Waals surface area (Å²) in [5.74, 6) is 0.274. The molecule has 0 unspecified atom stereocenters. The third kappa shape index (κ3) is 4.86. The molecule has 2 aliphatic heterocycles. The van der Waals surface area contributed by atoms with E-state index in [1.165, 1.54) is 50.6 Å². The Hall–Kier alpha value is -2.19. The zero-order chi connectivity index (χ0) is 24.5. The molecule has 36 heavy (non-hydrogen) atoms. The number of hydrogen-bond donors (Lipinski definition) is 1. The fourth-order valence-corrected chi connectivity index (χ4v) is 6.70. The average molecular weight is 496 g/mol. The first kappa shape index (κ1) is 24.2. The molecule has 0 bridgehead atoms. The molecule has 6 rings (SSSR count). The molecular formula is C28H41N5O3. The maximum absolute atomic E-state index is 12.1. The van der Waals surface area contributed by atoms with Crippen LogP contribution in [0.1, 0.15) is 98.8 Å². The first-order valence-corrected chi connectivity index (χ1v) is 14.4. The molecule has 196 valence electrons. The van der Waals surface area contributed by atoms with Gasteiger partial charge in [-0.2, -0.15) is 5.10 Å². The molecule has 4 fully saturated rings. The summed E-state index contributed by atoms with van der Waals surface area (Å²) in [5, 5.41) is 16.3. The predicted molar refractivity (Wildman–Crippen MR) is 140 cm³/mol. The van der Waals surface area contributed by atoms with Gasteiger partial charge in [0.15, 0.2) is 11.3 Å². The maximum atomic E-state index is 12.1. The van der Waals surface area contributed by atoms with Crippen LogP contribution in [0.4, 0.5) is 5.69 Å². The van der Waals surface area contributed by atoms with Crippen molar-refractivity contribution in [3.8, 4) is 0 Å². The van der Waals surface area contributed by atoms with Gasteiger partial charge in [-0.25, -0.2) is 14.5 Å². The topological polar surface area (TPSA) is 83.7 Å². The largest absolute Gasteiger partial charge is 0.477 e. The number of aromatic carboxylic acids is 1. The van der Waals surface area contributed by atoms with Crippen molar-refractivity contribution < 1.29 is 14.6 Å². The number of aromatic nitrogens is 3. The van der Waals surface area contributed by atoms with Gasteiger partial charge in [0.2, 0.25) is 0 Å². The summed E-state index contributed by atoms with van der Waals surface area (Å²) in [4.78, 5) is 21.8. The predicted octanol–water partition coefficient (Wildman–Crippen LogP) is 4.84. The molecule has 4 aliphatic rings. The number of pyridine rings is 1. The minimum atomic E-state index is -0.944. The summed E-state index contributed by atoms with van der Waals surface area (Å²) < 4.78 is 7.63. The van der Waals surface area contributed by atoms with Crippen molar-refractivity contribution in [2.75, 3.05) is 50.8 Å². The number of ether oxygens (including phenoxy) is 1. The van der Waals surface area contributed by atoms with Crippen LogP contribution < -0.4 is 4.90 Å². The number of piperidine rings is 1. The van der Waals surface area contributed by atoms with Gasteiger partial charge in [-0.05, 0) is 63.5 Å². The number of hydrogen-bond acceptors (Lipinski definition) is 6. The Morgan fingerprint density at radius 2 is 1.72 bits per heavy atom. The minimum absolute atomic E-state index is 0.157. The lowest BCUT2D eigenvalue weighted by atomic mass is 9.81. The first-order valence-electron chi connectivity index (χ1n) is 14.4. The lowest BCUT2D eigenvalue weighted by Gasteiger charge is -2.36. The molecule has 4 heterocycles. The molecule has 0 aromatic carbocycles. The third-order valence-electron chi connectivity index (χ3n) is 9.21. The van der Waals surface area contributed by atoms with Crippen LogP contribution in [-0.2, 0) is 4.74 Å². The van der Waals surface area contributed by atoms with E-state index >= 15 is 0 Å². The molecule has 2 saturated carbocycles. The fraction of sp³-hybridized carbons (Fsp3) is 0.750. The summed E-state index contributed by atoms with van der Waals surface area (Å²) in [6.45, 7) is 6.95. The molecule has 0 radical (unpaired) electrons. The molecule has 0 amide bonds. The molecule has 1 N–H and O–H groups in total. The first-order chi connectivity index (χ1) is 17.7. The summed E-state index contributed by atoms with van der Waals surface area (Å²) >= 11 is 0. The standard InChI is InChI=1S/C28H41N5O3/c34-28(35)23-19-24(32-13-10-20(11-14-32)9-12-31-15-17-36-18-16-31)25-26(21-5-4-6-21)30-33(27(25)29-23)22-7-2-1-3-8-22/h19-22H,1-18H2,(H,34,35). The highest BCUT2D eigenvalue weighted by atomic mass is 16.5. The molecule has 0 spiro atoms. The SMILES string of the molecule is O=C(O)c1cc(N2CCC(CCN3CCOCC3)CC2)c2c(C3CCC3)nn(C3CCCCC3)c2n1. The second-order valence-electron chi connectivity index (χ2n) is 11.5. The van der Waals surface area contributed by atoms with Crippen molar-refractivity contribution in [3.05, 3.63) is 17.5 Å². The highest BCUT2D eigenvalue weighted by Crippen LogP contribution is 2.44. The molecule has 2 aliphatic carbocycles. The van der Waals surface area contributed by atoms with E-state index in [-0.39, 0.29) is 5.69 Å². The number of fused-ring (bicyclic) bond motifs is 1. The lowest BCUT2D eigenvalue weighted by Crippen LogP contribution is -2.39. The Bertz CT molecular complexity index is 1060. The lowest BCUT2D eigenvalue weighted by molar-refractivity contribution is 0.0349. The third-order valence-corrected chi connectivity index (χ3v) is 9.21. The number of carboxylic acids is 1. The molecular weight excluding hydrogens is 454 g/mol. The summed E-state index contributed by atoms with van der Waals surface area (Å²) in [6.07, 6.45) is 13.1. The van der Waals surface area contributed by atoms with E-state index in [1.807, 2.05) is 6.07 Å². The van der Waals surface area contributed by atoms with Gasteiger partial charge in [-0.1, -0.05) is 25.7 Å². The number of carbonyl (C=O) groups is 1. The fourth-order valence-electron chi connectivity index (χ4n) is 6.70. The van der Waals surface area contributed by atoms with E-state index in [1.54, 1.807) is 0 Å². The van der Waals surface area contributed by atoms with Gasteiger partial charge in [0, 0.05) is 32.1 Å². The van der Waals surface area contributed by atoms with Crippen molar-refractivity contribution in [2.24, 2.45) is 5.92 Å². The smallest absolute Gasteiger partial charge is 0.354 e. The Kier molecular flexibility index (Phi) is 7.15. The second-order valence-corrected chi connectivity index (χ2v) is 11.5. The number of nitrogens with zero attached hydrogens (tertiary/aromatic N) is 5. The molecule has 8 heteroatoms. The molecule has 2 aromatic heterocycles. The van der Waals surface area contributed by atoms with Gasteiger partial charge < -0.3 is 14.7 Å². The zero-order valence-corrected chi connectivity index (χ0v) is 21.5. The van der Waals surface area contributed by atoms with Gasteiger partial charge in [-0.15, -0.1) is 0 Å². The van der Waals surface area contributed by atoms with E-state index in [2.05, 4.69) is 14.5 Å². The second kappa shape index (κ2) is 10.7. The van der Waals surface area contributed by atoms with Crippen molar-refractivity contribution in [1.82, 2.24) is 19.7 Å². The van der Waals surface area contributed by atoms with Crippen LogP contribution in [0.3, 0.4) is 0 Å². The van der Waals surface area contributed by atoms with E-state index in [9.17, 15) is 9.90 Å². The summed E-state index contributed by atoms with van der Waals surface area (Å²) in [7, 11) is 0. The van der Waals surface area contributed by atoms with Crippen molar-refractivity contribution in [2.45, 2.75) is 82.6 Å². The Labute approximate surface area is 214 Å². The van der Waals surface area contributed by atoms with Crippen LogP contribution in [0.15, 0.2) is 6.07 Å². The van der Waals surface area contributed by atoms with Gasteiger partial charge in [0.25, 0.3) is 0 Å². The number of anilines is 1. The Balaban J connectivity index is 1.28. The van der Waals surface area contributed by atoms with Gasteiger partial charge in [0.1, 0.15) is 0 Å². The highest BCUT2D eigenvalue weighted by Gasteiger charge is 2.33. The van der Waals surface area contributed by atoms with Gasteiger partial charge in [0.05, 0.1) is 36.0 Å². The van der Waals surface area contributed by atoms with E-state index in [4.69, 9.17) is 14.8 Å². The van der Waals surface area contributed by atoms with Crippen LogP contribution in [-0.4, -0.2) is 76.7 Å². The van der Waals surface area contributed by atoms with Crippen molar-refractivity contribution in [3.63, 3.8) is 0 Å². The van der Waals surface area contributed by atoms with Gasteiger partial charge in [-0.3, -0.25) is 4.90 Å². The van der Waals surface area contributed by atoms with Crippen LogP contribution in [0.25, 0.3) is 11.0 Å². The van der Waals surface area contributed by atoms with Crippen LogP contribution in [0, 0.1) is 5.92 Å².